The molecule has 0 saturated heterocycles. The van der Waals surface area contributed by atoms with Gasteiger partial charge in [-0.25, -0.2) is 4.72 Å². The van der Waals surface area contributed by atoms with E-state index >= 15 is 0 Å². The first-order valence-electron chi connectivity index (χ1n) is 3.90. The van der Waals surface area contributed by atoms with E-state index in [0.29, 0.717) is 6.42 Å². The van der Waals surface area contributed by atoms with E-state index < -0.39 is 23.3 Å². The fourth-order valence-corrected chi connectivity index (χ4v) is 1.35. The number of hydrogen-bond donors (Lipinski definition) is 1. The molecule has 0 bridgehead atoms. The Bertz CT molecular complexity index is 195. The number of nitrogens with one attached hydrogen (secondary N) is 1. The van der Waals surface area contributed by atoms with Gasteiger partial charge in [-0.1, -0.05) is 13.8 Å². The molecular formula is C7H14NO4S-. The molecule has 0 fully saturated rings. The molecule has 0 aromatic heterocycles. The van der Waals surface area contributed by atoms with Crippen molar-refractivity contribution >= 4 is 17.2 Å². The average molecular weight is 208 g/mol. The van der Waals surface area contributed by atoms with Gasteiger partial charge in [0.05, 0.1) is 7.11 Å². The van der Waals surface area contributed by atoms with Crippen molar-refractivity contribution in [2.75, 3.05) is 7.11 Å². The molecule has 0 aliphatic rings. The number of hydrogen-bond acceptors (Lipinski definition) is 4. The summed E-state index contributed by atoms with van der Waals surface area (Å²) in [6, 6.07) is -0.775. The summed E-state index contributed by atoms with van der Waals surface area (Å²) in [5, 5.41) is 0. The molecule has 0 heterocycles. The van der Waals surface area contributed by atoms with Crippen LogP contribution in [0.1, 0.15) is 20.3 Å². The van der Waals surface area contributed by atoms with Crippen molar-refractivity contribution in [1.82, 2.24) is 4.72 Å². The third-order valence-corrected chi connectivity index (χ3v) is 1.91. The molecular weight excluding hydrogens is 194 g/mol. The highest BCUT2D eigenvalue weighted by Gasteiger charge is 2.19. The molecule has 78 valence electrons. The highest BCUT2D eigenvalue weighted by Crippen LogP contribution is 2.06. The Hall–Kier alpha value is -0.460. The maximum absolute atomic E-state index is 11.0. The zero-order valence-corrected chi connectivity index (χ0v) is 8.72. The van der Waals surface area contributed by atoms with Crippen LogP contribution in [0.3, 0.4) is 0 Å². The second-order valence-electron chi connectivity index (χ2n) is 3.06. The fraction of sp³-hybridized carbons (Fsp3) is 0.857. The van der Waals surface area contributed by atoms with E-state index in [-0.39, 0.29) is 5.92 Å². The lowest BCUT2D eigenvalue weighted by Crippen LogP contribution is -2.39. The first kappa shape index (κ1) is 12.5. The molecule has 0 saturated carbocycles. The number of methoxy groups -OCH3 is 1. The van der Waals surface area contributed by atoms with E-state index in [1.54, 1.807) is 0 Å². The second kappa shape index (κ2) is 6.06. The lowest BCUT2D eigenvalue weighted by Gasteiger charge is -2.19. The molecule has 0 rings (SSSR count). The maximum Gasteiger partial charge on any atom is 0.323 e. The minimum atomic E-state index is -2.44. The Balaban J connectivity index is 4.18. The van der Waals surface area contributed by atoms with Gasteiger partial charge in [-0.2, -0.15) is 0 Å². The van der Waals surface area contributed by atoms with Crippen LogP contribution in [0, 0.1) is 5.92 Å². The number of carbonyl (C=O) groups is 1. The van der Waals surface area contributed by atoms with Gasteiger partial charge in [-0.15, -0.1) is 0 Å². The molecule has 1 unspecified atom stereocenters. The van der Waals surface area contributed by atoms with Gasteiger partial charge in [-0.05, 0) is 12.3 Å². The normalized spacial score (nSPS) is 15.5. The molecule has 1 N–H and O–H groups in total. The van der Waals surface area contributed by atoms with Crippen LogP contribution in [0.25, 0.3) is 0 Å². The van der Waals surface area contributed by atoms with Crippen molar-refractivity contribution < 1.29 is 18.3 Å². The molecule has 0 aromatic carbocycles. The molecule has 13 heavy (non-hydrogen) atoms. The Morgan fingerprint density at radius 1 is 1.62 bits per heavy atom. The first-order chi connectivity index (χ1) is 5.97. The highest BCUT2D eigenvalue weighted by molar-refractivity contribution is 7.77. The summed E-state index contributed by atoms with van der Waals surface area (Å²) in [5.41, 5.74) is 0. The van der Waals surface area contributed by atoms with Gasteiger partial charge in [0.2, 0.25) is 0 Å². The van der Waals surface area contributed by atoms with Crippen LogP contribution in [-0.2, 0) is 20.8 Å². The van der Waals surface area contributed by atoms with E-state index in [9.17, 15) is 13.6 Å². The number of rotatable bonds is 5. The molecule has 0 aromatic rings. The van der Waals surface area contributed by atoms with E-state index in [1.807, 2.05) is 13.8 Å². The molecule has 0 aliphatic carbocycles. The first-order valence-corrected chi connectivity index (χ1v) is 4.98. The van der Waals surface area contributed by atoms with Crippen LogP contribution in [0.15, 0.2) is 0 Å². The Labute approximate surface area is 80.3 Å². The Morgan fingerprint density at radius 2 is 2.15 bits per heavy atom. The van der Waals surface area contributed by atoms with Crippen molar-refractivity contribution in [2.45, 2.75) is 26.3 Å². The monoisotopic (exact) mass is 208 g/mol. The van der Waals surface area contributed by atoms with Crippen LogP contribution < -0.4 is 4.72 Å². The molecule has 0 spiro atoms. The summed E-state index contributed by atoms with van der Waals surface area (Å²) >= 11 is -2.44. The van der Waals surface area contributed by atoms with Crippen LogP contribution in [0.2, 0.25) is 0 Å². The second-order valence-corrected chi connectivity index (χ2v) is 3.76. The number of ether oxygens (including phenoxy) is 1. The molecule has 0 aliphatic heterocycles. The van der Waals surface area contributed by atoms with Gasteiger partial charge >= 0.3 is 5.97 Å². The van der Waals surface area contributed by atoms with Gasteiger partial charge < -0.3 is 9.29 Å². The predicted molar refractivity (Wildman–Crippen MR) is 47.3 cm³/mol. The largest absolute Gasteiger partial charge is 0.760 e. The summed E-state index contributed by atoms with van der Waals surface area (Å²) < 4.78 is 27.1. The average Bonchev–Trinajstić information content (AvgIpc) is 2.00. The quantitative estimate of drug-likeness (QED) is 0.508. The lowest BCUT2D eigenvalue weighted by molar-refractivity contribution is -0.143. The lowest BCUT2D eigenvalue weighted by atomic mass is 10.1. The van der Waals surface area contributed by atoms with Crippen LogP contribution in [-0.4, -0.2) is 27.9 Å². The van der Waals surface area contributed by atoms with E-state index in [0.717, 1.165) is 0 Å². The van der Waals surface area contributed by atoms with Gasteiger partial charge in [0.25, 0.3) is 0 Å². The molecule has 5 nitrogen and oxygen atoms in total. The van der Waals surface area contributed by atoms with E-state index in [4.69, 9.17) is 0 Å². The van der Waals surface area contributed by atoms with Crippen LogP contribution >= 0.6 is 0 Å². The molecule has 0 radical (unpaired) electrons. The van der Waals surface area contributed by atoms with Crippen molar-refractivity contribution in [3.63, 3.8) is 0 Å². The Kier molecular flexibility index (Phi) is 5.85. The topological polar surface area (TPSA) is 78.5 Å². The summed E-state index contributed by atoms with van der Waals surface area (Å²) in [6.07, 6.45) is 0.431. The van der Waals surface area contributed by atoms with Crippen molar-refractivity contribution in [2.24, 2.45) is 5.92 Å². The van der Waals surface area contributed by atoms with Gasteiger partial charge in [0.1, 0.15) is 6.04 Å². The third-order valence-electron chi connectivity index (χ3n) is 1.43. The number of carbonyl (C=O) groups excluding carboxylic acids is 1. The summed E-state index contributed by atoms with van der Waals surface area (Å²) in [7, 11) is 1.23. The number of esters is 1. The van der Waals surface area contributed by atoms with E-state index in [1.165, 1.54) is 7.11 Å². The molecule has 2 atom stereocenters. The van der Waals surface area contributed by atoms with Crippen molar-refractivity contribution in [3.8, 4) is 0 Å². The van der Waals surface area contributed by atoms with Crippen molar-refractivity contribution in [1.29, 1.82) is 0 Å². The summed E-state index contributed by atoms with van der Waals surface area (Å²) in [5.74, 6) is -0.335. The fourth-order valence-electron chi connectivity index (χ4n) is 0.922. The smallest absolute Gasteiger partial charge is 0.323 e. The van der Waals surface area contributed by atoms with E-state index in [2.05, 4.69) is 9.46 Å². The van der Waals surface area contributed by atoms with Gasteiger partial charge in [0, 0.05) is 11.3 Å². The Morgan fingerprint density at radius 3 is 2.46 bits per heavy atom. The van der Waals surface area contributed by atoms with Crippen LogP contribution in [0.5, 0.6) is 0 Å². The minimum absolute atomic E-state index is 0.222. The predicted octanol–water partition coefficient (Wildman–Crippen LogP) is -0.0422. The minimum Gasteiger partial charge on any atom is -0.760 e. The van der Waals surface area contributed by atoms with Gasteiger partial charge in [-0.3, -0.25) is 9.00 Å². The zero-order chi connectivity index (χ0) is 10.4. The van der Waals surface area contributed by atoms with Gasteiger partial charge in [0.15, 0.2) is 0 Å². The summed E-state index contributed by atoms with van der Waals surface area (Å²) in [6.45, 7) is 3.79. The standard InChI is InChI=1S/C7H15NO4S/c1-5(2)4-6(7(9)12-3)8-13(10)11/h5-6,8H,4H2,1-3H3,(H,10,11)/p-1/t6-/m0/s1. The molecule has 6 heteroatoms. The SMILES string of the molecule is COC(=O)[C@H](CC(C)C)NS(=O)[O-]. The maximum atomic E-state index is 11.0. The zero-order valence-electron chi connectivity index (χ0n) is 7.90. The summed E-state index contributed by atoms with van der Waals surface area (Å²) in [4.78, 5) is 11.0. The van der Waals surface area contributed by atoms with Crippen molar-refractivity contribution in [3.05, 3.63) is 0 Å². The molecule has 0 amide bonds. The highest BCUT2D eigenvalue weighted by atomic mass is 32.2. The third kappa shape index (κ3) is 5.73. The van der Waals surface area contributed by atoms with Crippen LogP contribution in [0.4, 0.5) is 0 Å².